The van der Waals surface area contributed by atoms with Crippen LogP contribution in [0.5, 0.6) is 0 Å². The SMILES string of the molecule is O=C1CCC(CO)N1Cc1cccc(Cl)c1. The topological polar surface area (TPSA) is 40.5 Å². The second-order valence-corrected chi connectivity index (χ2v) is 4.46. The Morgan fingerprint density at radius 3 is 3.00 bits per heavy atom. The highest BCUT2D eigenvalue weighted by atomic mass is 35.5. The summed E-state index contributed by atoms with van der Waals surface area (Å²) < 4.78 is 0. The number of amides is 1. The van der Waals surface area contributed by atoms with Gasteiger partial charge in [-0.3, -0.25) is 4.79 Å². The third-order valence-corrected chi connectivity index (χ3v) is 3.14. The molecule has 1 saturated heterocycles. The molecule has 16 heavy (non-hydrogen) atoms. The highest BCUT2D eigenvalue weighted by molar-refractivity contribution is 6.30. The van der Waals surface area contributed by atoms with Crippen molar-refractivity contribution in [3.05, 3.63) is 34.9 Å². The fourth-order valence-electron chi connectivity index (χ4n) is 2.03. The normalized spacial score (nSPS) is 20.5. The Kier molecular flexibility index (Phi) is 3.46. The van der Waals surface area contributed by atoms with E-state index >= 15 is 0 Å². The lowest BCUT2D eigenvalue weighted by Crippen LogP contribution is -2.34. The van der Waals surface area contributed by atoms with Crippen molar-refractivity contribution >= 4 is 17.5 Å². The molecule has 0 aliphatic carbocycles. The molecule has 0 radical (unpaired) electrons. The fraction of sp³-hybridized carbons (Fsp3) is 0.417. The minimum Gasteiger partial charge on any atom is -0.394 e. The molecule has 0 spiro atoms. The molecule has 0 saturated carbocycles. The molecule has 1 aliphatic heterocycles. The van der Waals surface area contributed by atoms with E-state index in [2.05, 4.69) is 0 Å². The molecular formula is C12H14ClNO2. The van der Waals surface area contributed by atoms with Crippen molar-refractivity contribution in [3.63, 3.8) is 0 Å². The number of nitrogens with zero attached hydrogens (tertiary/aromatic N) is 1. The molecular weight excluding hydrogens is 226 g/mol. The van der Waals surface area contributed by atoms with E-state index in [4.69, 9.17) is 16.7 Å². The van der Waals surface area contributed by atoms with Gasteiger partial charge in [0.2, 0.25) is 5.91 Å². The number of hydrogen-bond donors (Lipinski definition) is 1. The average Bonchev–Trinajstić information content (AvgIpc) is 2.60. The van der Waals surface area contributed by atoms with Crippen molar-refractivity contribution in [1.82, 2.24) is 4.90 Å². The minimum atomic E-state index is -0.0357. The van der Waals surface area contributed by atoms with E-state index in [1.807, 2.05) is 18.2 Å². The highest BCUT2D eigenvalue weighted by Gasteiger charge is 2.29. The monoisotopic (exact) mass is 239 g/mol. The minimum absolute atomic E-state index is 0.0340. The van der Waals surface area contributed by atoms with Gasteiger partial charge < -0.3 is 10.0 Å². The molecule has 86 valence electrons. The van der Waals surface area contributed by atoms with Crippen LogP contribution in [0.3, 0.4) is 0 Å². The van der Waals surface area contributed by atoms with Crippen LogP contribution in [0, 0.1) is 0 Å². The fourth-order valence-corrected chi connectivity index (χ4v) is 2.25. The molecule has 1 aromatic carbocycles. The molecule has 1 N–H and O–H groups in total. The summed E-state index contributed by atoms with van der Waals surface area (Å²) in [5.74, 6) is 0.110. The van der Waals surface area contributed by atoms with Crippen molar-refractivity contribution in [2.24, 2.45) is 0 Å². The summed E-state index contributed by atoms with van der Waals surface area (Å²) in [7, 11) is 0. The number of benzene rings is 1. The largest absolute Gasteiger partial charge is 0.394 e. The number of rotatable bonds is 3. The van der Waals surface area contributed by atoms with Gasteiger partial charge in [-0.2, -0.15) is 0 Å². The van der Waals surface area contributed by atoms with Gasteiger partial charge in [0.1, 0.15) is 0 Å². The summed E-state index contributed by atoms with van der Waals surface area (Å²) in [5, 5.41) is 9.84. The molecule has 3 nitrogen and oxygen atoms in total. The quantitative estimate of drug-likeness (QED) is 0.874. The van der Waals surface area contributed by atoms with E-state index in [0.717, 1.165) is 12.0 Å². The van der Waals surface area contributed by atoms with Gasteiger partial charge in [-0.25, -0.2) is 0 Å². The van der Waals surface area contributed by atoms with Crippen LogP contribution in [0.15, 0.2) is 24.3 Å². The molecule has 4 heteroatoms. The van der Waals surface area contributed by atoms with Crippen LogP contribution in [0.25, 0.3) is 0 Å². The number of carbonyl (C=O) groups excluding carboxylic acids is 1. The Hall–Kier alpha value is -1.06. The zero-order valence-corrected chi connectivity index (χ0v) is 9.65. The van der Waals surface area contributed by atoms with Gasteiger partial charge in [0, 0.05) is 18.0 Å². The number of aliphatic hydroxyl groups excluding tert-OH is 1. The van der Waals surface area contributed by atoms with E-state index in [1.54, 1.807) is 11.0 Å². The van der Waals surface area contributed by atoms with E-state index < -0.39 is 0 Å². The van der Waals surface area contributed by atoms with E-state index in [0.29, 0.717) is 18.0 Å². The van der Waals surface area contributed by atoms with E-state index in [-0.39, 0.29) is 18.6 Å². The van der Waals surface area contributed by atoms with Crippen LogP contribution in [0.2, 0.25) is 5.02 Å². The lowest BCUT2D eigenvalue weighted by molar-refractivity contribution is -0.130. The first-order chi connectivity index (χ1) is 7.70. The third-order valence-electron chi connectivity index (χ3n) is 2.91. The lowest BCUT2D eigenvalue weighted by Gasteiger charge is -2.23. The molecule has 1 heterocycles. The number of carbonyl (C=O) groups is 1. The maximum Gasteiger partial charge on any atom is 0.223 e. The molecule has 1 amide bonds. The molecule has 1 unspecified atom stereocenters. The maximum absolute atomic E-state index is 11.6. The Balaban J connectivity index is 2.11. The summed E-state index contributed by atoms with van der Waals surface area (Å²) in [6, 6.07) is 7.42. The zero-order chi connectivity index (χ0) is 11.5. The molecule has 2 rings (SSSR count). The molecule has 1 aliphatic rings. The van der Waals surface area contributed by atoms with Gasteiger partial charge in [0.05, 0.1) is 12.6 Å². The summed E-state index contributed by atoms with van der Waals surface area (Å²) in [6.45, 7) is 0.566. The van der Waals surface area contributed by atoms with Crippen molar-refractivity contribution in [3.8, 4) is 0 Å². The standard InChI is InChI=1S/C12H14ClNO2/c13-10-3-1-2-9(6-10)7-14-11(8-15)4-5-12(14)16/h1-3,6,11,15H,4-5,7-8H2. The predicted octanol–water partition coefficient (Wildman–Crippen LogP) is 1.82. The predicted molar refractivity (Wildman–Crippen MR) is 62.1 cm³/mol. The Morgan fingerprint density at radius 2 is 2.31 bits per heavy atom. The molecule has 1 atom stereocenters. The molecule has 1 aromatic rings. The molecule has 1 fully saturated rings. The van der Waals surface area contributed by atoms with Crippen molar-refractivity contribution in [1.29, 1.82) is 0 Å². The van der Waals surface area contributed by atoms with Crippen molar-refractivity contribution in [2.45, 2.75) is 25.4 Å². The zero-order valence-electron chi connectivity index (χ0n) is 8.90. The van der Waals surface area contributed by atoms with Gasteiger partial charge in [0.25, 0.3) is 0 Å². The number of aliphatic hydroxyl groups is 1. The van der Waals surface area contributed by atoms with Crippen LogP contribution in [0.4, 0.5) is 0 Å². The smallest absolute Gasteiger partial charge is 0.223 e. The summed E-state index contributed by atoms with van der Waals surface area (Å²) in [6.07, 6.45) is 1.28. The van der Waals surface area contributed by atoms with Crippen molar-refractivity contribution in [2.75, 3.05) is 6.61 Å². The summed E-state index contributed by atoms with van der Waals surface area (Å²) >= 11 is 5.88. The van der Waals surface area contributed by atoms with Crippen LogP contribution in [-0.2, 0) is 11.3 Å². The second kappa shape index (κ2) is 4.85. The van der Waals surface area contributed by atoms with Crippen LogP contribution < -0.4 is 0 Å². The third kappa shape index (κ3) is 2.36. The Labute approximate surface area is 99.6 Å². The van der Waals surface area contributed by atoms with E-state index in [9.17, 15) is 4.79 Å². The van der Waals surface area contributed by atoms with Crippen LogP contribution in [-0.4, -0.2) is 28.6 Å². The van der Waals surface area contributed by atoms with Gasteiger partial charge in [-0.05, 0) is 24.1 Å². The van der Waals surface area contributed by atoms with Gasteiger partial charge >= 0.3 is 0 Å². The van der Waals surface area contributed by atoms with E-state index in [1.165, 1.54) is 0 Å². The van der Waals surface area contributed by atoms with Gasteiger partial charge in [-0.1, -0.05) is 23.7 Å². The van der Waals surface area contributed by atoms with Crippen LogP contribution >= 0.6 is 11.6 Å². The first-order valence-corrected chi connectivity index (χ1v) is 5.73. The summed E-state index contributed by atoms with van der Waals surface area (Å²) in [5.41, 5.74) is 1.00. The van der Waals surface area contributed by atoms with Gasteiger partial charge in [-0.15, -0.1) is 0 Å². The molecule has 0 bridgehead atoms. The number of hydrogen-bond acceptors (Lipinski definition) is 2. The average molecular weight is 240 g/mol. The maximum atomic E-state index is 11.6. The van der Waals surface area contributed by atoms with Gasteiger partial charge in [0.15, 0.2) is 0 Å². The second-order valence-electron chi connectivity index (χ2n) is 4.03. The summed E-state index contributed by atoms with van der Waals surface area (Å²) in [4.78, 5) is 13.3. The molecule has 0 aromatic heterocycles. The number of halogens is 1. The Bertz CT molecular complexity index is 394. The first kappa shape index (κ1) is 11.4. The first-order valence-electron chi connectivity index (χ1n) is 5.35. The Morgan fingerprint density at radius 1 is 1.50 bits per heavy atom. The van der Waals surface area contributed by atoms with Crippen molar-refractivity contribution < 1.29 is 9.90 Å². The number of likely N-dealkylation sites (tertiary alicyclic amines) is 1. The lowest BCUT2D eigenvalue weighted by atomic mass is 10.2. The van der Waals surface area contributed by atoms with Crippen LogP contribution in [0.1, 0.15) is 18.4 Å². The highest BCUT2D eigenvalue weighted by Crippen LogP contribution is 2.22.